The molecule has 1 N–H and O–H groups in total. The van der Waals surface area contributed by atoms with Gasteiger partial charge in [-0.15, -0.1) is 11.3 Å². The quantitative estimate of drug-likeness (QED) is 0.733. The summed E-state index contributed by atoms with van der Waals surface area (Å²) in [5.74, 6) is 0.736. The molecule has 1 aromatic heterocycles. The summed E-state index contributed by atoms with van der Waals surface area (Å²) >= 11 is 1.41. The van der Waals surface area contributed by atoms with Crippen LogP contribution in [0.2, 0.25) is 0 Å². The third-order valence-corrected chi connectivity index (χ3v) is 5.03. The highest BCUT2D eigenvalue weighted by Gasteiger charge is 2.19. The minimum Gasteiger partial charge on any atom is -0.496 e. The fourth-order valence-corrected chi connectivity index (χ4v) is 3.19. The summed E-state index contributed by atoms with van der Waals surface area (Å²) < 4.78 is 5.37. The van der Waals surface area contributed by atoms with E-state index in [1.807, 2.05) is 42.6 Å². The molecule has 0 saturated carbocycles. The lowest BCUT2D eigenvalue weighted by molar-refractivity contribution is -0.131. The van der Waals surface area contributed by atoms with Crippen molar-refractivity contribution in [1.29, 1.82) is 0 Å². The molecule has 134 valence electrons. The zero-order valence-electron chi connectivity index (χ0n) is 14.8. The Morgan fingerprint density at radius 3 is 2.68 bits per heavy atom. The van der Waals surface area contributed by atoms with Gasteiger partial charge in [0.1, 0.15) is 5.75 Å². The van der Waals surface area contributed by atoms with E-state index >= 15 is 0 Å². The number of carbonyl (C=O) groups is 2. The van der Waals surface area contributed by atoms with Gasteiger partial charge in [-0.05, 0) is 30.9 Å². The topological polar surface area (TPSA) is 58.6 Å². The second-order valence-electron chi connectivity index (χ2n) is 5.76. The predicted molar refractivity (Wildman–Crippen MR) is 100 cm³/mol. The number of amides is 2. The summed E-state index contributed by atoms with van der Waals surface area (Å²) in [7, 11) is 3.42. The van der Waals surface area contributed by atoms with Gasteiger partial charge in [0.25, 0.3) is 5.91 Å². The average molecular weight is 360 g/mol. The van der Waals surface area contributed by atoms with E-state index < -0.39 is 0 Å². The molecule has 0 spiro atoms. The second kappa shape index (κ2) is 9.22. The van der Waals surface area contributed by atoms with Crippen LogP contribution >= 0.6 is 11.3 Å². The molecule has 6 heteroatoms. The van der Waals surface area contributed by atoms with Crippen molar-refractivity contribution in [3.05, 3.63) is 52.2 Å². The van der Waals surface area contributed by atoms with E-state index in [-0.39, 0.29) is 17.9 Å². The molecule has 1 unspecified atom stereocenters. The maximum absolute atomic E-state index is 12.4. The summed E-state index contributed by atoms with van der Waals surface area (Å²) in [5, 5.41) is 4.71. The van der Waals surface area contributed by atoms with Crippen molar-refractivity contribution < 1.29 is 14.3 Å². The minimum atomic E-state index is -0.0850. The molecule has 25 heavy (non-hydrogen) atoms. The van der Waals surface area contributed by atoms with Crippen LogP contribution < -0.4 is 10.1 Å². The predicted octanol–water partition coefficient (Wildman–Crippen LogP) is 3.49. The van der Waals surface area contributed by atoms with E-state index in [1.54, 1.807) is 25.1 Å². The molecule has 0 aliphatic heterocycles. The van der Waals surface area contributed by atoms with Crippen molar-refractivity contribution in [2.45, 2.75) is 25.8 Å². The zero-order chi connectivity index (χ0) is 18.2. The number of rotatable bonds is 8. The van der Waals surface area contributed by atoms with E-state index in [9.17, 15) is 9.59 Å². The van der Waals surface area contributed by atoms with Crippen LogP contribution in [0.3, 0.4) is 0 Å². The maximum Gasteiger partial charge on any atom is 0.261 e. The Kier molecular flexibility index (Phi) is 7.01. The number of carbonyl (C=O) groups excluding carboxylic acids is 2. The molecule has 5 nitrogen and oxygen atoms in total. The first-order valence-electron chi connectivity index (χ1n) is 8.25. The van der Waals surface area contributed by atoms with Crippen LogP contribution in [-0.4, -0.2) is 37.4 Å². The molecule has 0 fully saturated rings. The van der Waals surface area contributed by atoms with Gasteiger partial charge in [0.2, 0.25) is 5.91 Å². The van der Waals surface area contributed by atoms with Crippen molar-refractivity contribution in [3.63, 3.8) is 0 Å². The first-order chi connectivity index (χ1) is 12.0. The summed E-state index contributed by atoms with van der Waals surface area (Å²) in [6.07, 6.45) is 1.000. The third kappa shape index (κ3) is 5.06. The largest absolute Gasteiger partial charge is 0.496 e. The monoisotopic (exact) mass is 360 g/mol. The fraction of sp³-hybridized carbons (Fsp3) is 0.368. The number of hydrogen-bond donors (Lipinski definition) is 1. The van der Waals surface area contributed by atoms with Crippen LogP contribution in [0.25, 0.3) is 0 Å². The molecule has 0 bridgehead atoms. The first kappa shape index (κ1) is 19.0. The number of methoxy groups -OCH3 is 1. The fourth-order valence-electron chi connectivity index (χ4n) is 2.55. The highest BCUT2D eigenvalue weighted by molar-refractivity contribution is 7.12. The van der Waals surface area contributed by atoms with Crippen LogP contribution in [0.5, 0.6) is 5.75 Å². The number of ether oxygens (including phenoxy) is 1. The molecule has 1 atom stereocenters. The maximum atomic E-state index is 12.4. The zero-order valence-corrected chi connectivity index (χ0v) is 15.6. The van der Waals surface area contributed by atoms with Gasteiger partial charge in [-0.25, -0.2) is 0 Å². The standard InChI is InChI=1S/C19H24N2O3S/c1-14(15-8-4-5-9-16(15)24-3)21(2)18(22)11-6-12-20-19(23)17-10-7-13-25-17/h4-5,7-10,13-14H,6,11-12H2,1-3H3,(H,20,23). The molecule has 1 heterocycles. The first-order valence-corrected chi connectivity index (χ1v) is 9.12. The van der Waals surface area contributed by atoms with Gasteiger partial charge in [0.15, 0.2) is 0 Å². The Morgan fingerprint density at radius 2 is 2.00 bits per heavy atom. The highest BCUT2D eigenvalue weighted by Crippen LogP contribution is 2.28. The smallest absolute Gasteiger partial charge is 0.261 e. The molecular formula is C19H24N2O3S. The molecule has 2 amide bonds. The number of hydrogen-bond acceptors (Lipinski definition) is 4. The van der Waals surface area contributed by atoms with Crippen LogP contribution in [-0.2, 0) is 4.79 Å². The van der Waals surface area contributed by atoms with Crippen LogP contribution in [0.1, 0.15) is 41.0 Å². The van der Waals surface area contributed by atoms with E-state index in [2.05, 4.69) is 5.32 Å². The van der Waals surface area contributed by atoms with E-state index in [0.29, 0.717) is 24.3 Å². The Hall–Kier alpha value is -2.34. The number of thiophene rings is 1. The third-order valence-electron chi connectivity index (χ3n) is 4.16. The van der Waals surface area contributed by atoms with Gasteiger partial charge < -0.3 is 15.0 Å². The highest BCUT2D eigenvalue weighted by atomic mass is 32.1. The van der Waals surface area contributed by atoms with Gasteiger partial charge in [-0.1, -0.05) is 24.3 Å². The number of nitrogens with one attached hydrogen (secondary N) is 1. The van der Waals surface area contributed by atoms with Crippen molar-refractivity contribution in [2.24, 2.45) is 0 Å². The summed E-state index contributed by atoms with van der Waals surface area (Å²) in [5.41, 5.74) is 0.979. The Balaban J connectivity index is 1.80. The Bertz CT molecular complexity index is 700. The average Bonchev–Trinajstić information content (AvgIpc) is 3.18. The molecule has 1 aromatic carbocycles. The summed E-state index contributed by atoms with van der Waals surface area (Å²) in [6.45, 7) is 2.47. The number of para-hydroxylation sites is 1. The second-order valence-corrected chi connectivity index (χ2v) is 6.71. The van der Waals surface area contributed by atoms with Crippen molar-refractivity contribution in [1.82, 2.24) is 10.2 Å². The van der Waals surface area contributed by atoms with Crippen LogP contribution in [0, 0.1) is 0 Å². The lowest BCUT2D eigenvalue weighted by Crippen LogP contribution is -2.31. The van der Waals surface area contributed by atoms with E-state index in [4.69, 9.17) is 4.74 Å². The normalized spacial score (nSPS) is 11.6. The molecule has 0 aliphatic rings. The Morgan fingerprint density at radius 1 is 1.24 bits per heavy atom. The van der Waals surface area contributed by atoms with Gasteiger partial charge in [0, 0.05) is 25.6 Å². The van der Waals surface area contributed by atoms with Gasteiger partial charge >= 0.3 is 0 Å². The van der Waals surface area contributed by atoms with E-state index in [1.165, 1.54) is 11.3 Å². The van der Waals surface area contributed by atoms with Crippen LogP contribution in [0.4, 0.5) is 0 Å². The number of nitrogens with zero attached hydrogens (tertiary/aromatic N) is 1. The molecule has 2 aromatic rings. The van der Waals surface area contributed by atoms with Gasteiger partial charge in [-0.2, -0.15) is 0 Å². The van der Waals surface area contributed by atoms with Crippen LogP contribution in [0.15, 0.2) is 41.8 Å². The van der Waals surface area contributed by atoms with Crippen molar-refractivity contribution in [2.75, 3.05) is 20.7 Å². The van der Waals surface area contributed by atoms with E-state index in [0.717, 1.165) is 11.3 Å². The molecular weight excluding hydrogens is 336 g/mol. The summed E-state index contributed by atoms with van der Waals surface area (Å²) in [6, 6.07) is 11.3. The Labute approximate surface area is 152 Å². The van der Waals surface area contributed by atoms with Crippen molar-refractivity contribution in [3.8, 4) is 5.75 Å². The lowest BCUT2D eigenvalue weighted by atomic mass is 10.1. The molecule has 2 rings (SSSR count). The SMILES string of the molecule is COc1ccccc1C(C)N(C)C(=O)CCCNC(=O)c1cccs1. The molecule has 0 aliphatic carbocycles. The minimum absolute atomic E-state index is 0.0452. The van der Waals surface area contributed by atoms with Crippen molar-refractivity contribution >= 4 is 23.2 Å². The molecule has 0 radical (unpaired) electrons. The molecule has 0 saturated heterocycles. The lowest BCUT2D eigenvalue weighted by Gasteiger charge is -2.26. The number of benzene rings is 1. The van der Waals surface area contributed by atoms with Gasteiger partial charge in [0.05, 0.1) is 18.0 Å². The van der Waals surface area contributed by atoms with Gasteiger partial charge in [-0.3, -0.25) is 9.59 Å². The summed E-state index contributed by atoms with van der Waals surface area (Å²) in [4.78, 5) is 26.7.